The fraction of sp³-hybridized carbons (Fsp3) is 0.348. The topological polar surface area (TPSA) is 63.2 Å². The normalized spacial score (nSPS) is 14.7. The van der Waals surface area contributed by atoms with E-state index in [0.29, 0.717) is 16.7 Å². The molecule has 0 fully saturated rings. The van der Waals surface area contributed by atoms with Crippen molar-refractivity contribution in [2.75, 3.05) is 30.1 Å². The van der Waals surface area contributed by atoms with E-state index in [-0.39, 0.29) is 6.23 Å². The van der Waals surface area contributed by atoms with Crippen LogP contribution in [0.1, 0.15) is 38.0 Å². The zero-order valence-corrected chi connectivity index (χ0v) is 18.4. The monoisotopic (exact) mass is 421 g/mol. The van der Waals surface area contributed by atoms with Gasteiger partial charge in [-0.1, -0.05) is 61.9 Å². The lowest BCUT2D eigenvalue weighted by Gasteiger charge is -2.20. The van der Waals surface area contributed by atoms with Crippen molar-refractivity contribution in [3.05, 3.63) is 54.1 Å². The van der Waals surface area contributed by atoms with Crippen LogP contribution in [0.2, 0.25) is 0 Å². The molecule has 0 spiro atoms. The van der Waals surface area contributed by atoms with E-state index in [4.69, 9.17) is 9.72 Å². The van der Waals surface area contributed by atoms with Gasteiger partial charge in [-0.25, -0.2) is 0 Å². The van der Waals surface area contributed by atoms with Crippen LogP contribution < -0.4 is 15.0 Å². The highest BCUT2D eigenvalue weighted by atomic mass is 32.2. The van der Waals surface area contributed by atoms with E-state index in [2.05, 4.69) is 51.6 Å². The van der Waals surface area contributed by atoms with Gasteiger partial charge >= 0.3 is 0 Å². The third kappa shape index (κ3) is 4.51. The quantitative estimate of drug-likeness (QED) is 0.405. The van der Waals surface area contributed by atoms with Crippen LogP contribution in [0.25, 0.3) is 11.3 Å². The van der Waals surface area contributed by atoms with Crippen molar-refractivity contribution < 1.29 is 4.74 Å². The van der Waals surface area contributed by atoms with Crippen molar-refractivity contribution in [2.24, 2.45) is 0 Å². The smallest absolute Gasteiger partial charge is 0.247 e. The number of ether oxygens (including phenoxy) is 1. The fourth-order valence-corrected chi connectivity index (χ4v) is 4.10. The highest BCUT2D eigenvalue weighted by Crippen LogP contribution is 2.39. The summed E-state index contributed by atoms with van der Waals surface area (Å²) in [5, 5.41) is 13.0. The van der Waals surface area contributed by atoms with Gasteiger partial charge in [-0.15, -0.1) is 10.2 Å². The maximum atomic E-state index is 6.34. The Hall–Kier alpha value is -2.80. The molecule has 2 heterocycles. The van der Waals surface area contributed by atoms with E-state index in [9.17, 15) is 0 Å². The summed E-state index contributed by atoms with van der Waals surface area (Å²) in [6.07, 6.45) is 3.19. The summed E-state index contributed by atoms with van der Waals surface area (Å²) in [4.78, 5) is 6.79. The van der Waals surface area contributed by atoms with Crippen LogP contribution >= 0.6 is 11.8 Å². The number of fused-ring (bicyclic) bond motifs is 3. The molecule has 1 aliphatic heterocycles. The Bertz CT molecular complexity index is 993. The highest BCUT2D eigenvalue weighted by Gasteiger charge is 2.26. The maximum Gasteiger partial charge on any atom is 0.247 e. The van der Waals surface area contributed by atoms with E-state index in [1.165, 1.54) is 12.8 Å². The maximum absolute atomic E-state index is 6.34. The molecule has 7 heteroatoms. The number of hydrogen-bond donors (Lipinski definition) is 1. The average Bonchev–Trinajstić information content (AvgIpc) is 2.93. The first-order valence-electron chi connectivity index (χ1n) is 10.3. The van der Waals surface area contributed by atoms with Crippen LogP contribution in [0.5, 0.6) is 5.88 Å². The lowest BCUT2D eigenvalue weighted by molar-refractivity contribution is 0.225. The first-order chi connectivity index (χ1) is 14.7. The van der Waals surface area contributed by atoms with E-state index in [0.717, 1.165) is 34.7 Å². The van der Waals surface area contributed by atoms with Crippen molar-refractivity contribution in [2.45, 2.75) is 37.6 Å². The van der Waals surface area contributed by atoms with Gasteiger partial charge in [0.15, 0.2) is 11.9 Å². The van der Waals surface area contributed by atoms with E-state index >= 15 is 0 Å². The van der Waals surface area contributed by atoms with Gasteiger partial charge in [-0.2, -0.15) is 4.98 Å². The van der Waals surface area contributed by atoms with Gasteiger partial charge in [0.25, 0.3) is 0 Å². The second-order valence-corrected chi connectivity index (χ2v) is 8.54. The Labute approximate surface area is 182 Å². The molecule has 1 atom stereocenters. The lowest BCUT2D eigenvalue weighted by atomic mass is 10.1. The molecule has 0 unspecified atom stereocenters. The number of nitrogens with one attached hydrogen (secondary N) is 1. The van der Waals surface area contributed by atoms with E-state index in [1.54, 1.807) is 11.8 Å². The molecule has 0 aliphatic carbocycles. The lowest BCUT2D eigenvalue weighted by Crippen LogP contribution is -2.17. The molecule has 0 saturated heterocycles. The number of unbranched alkanes of at least 4 members (excludes halogenated alkanes) is 2. The van der Waals surface area contributed by atoms with Crippen LogP contribution in [-0.4, -0.2) is 35.0 Å². The van der Waals surface area contributed by atoms with Gasteiger partial charge in [0.2, 0.25) is 11.0 Å². The van der Waals surface area contributed by atoms with Crippen LogP contribution in [-0.2, 0) is 0 Å². The number of benzene rings is 2. The first kappa shape index (κ1) is 20.5. The predicted molar refractivity (Wildman–Crippen MR) is 123 cm³/mol. The first-order valence-corrected chi connectivity index (χ1v) is 11.3. The third-order valence-electron chi connectivity index (χ3n) is 5.02. The summed E-state index contributed by atoms with van der Waals surface area (Å²) >= 11 is 1.63. The average molecular weight is 422 g/mol. The summed E-state index contributed by atoms with van der Waals surface area (Å²) in [7, 11) is 4.06. The number of hydrogen-bond acceptors (Lipinski definition) is 7. The molecule has 0 saturated carbocycles. The number of aromatic nitrogens is 3. The molecule has 1 N–H and O–H groups in total. The van der Waals surface area contributed by atoms with Gasteiger partial charge in [0.1, 0.15) is 0 Å². The Morgan fingerprint density at radius 1 is 1.03 bits per heavy atom. The molecule has 1 aromatic heterocycles. The Balaban J connectivity index is 1.66. The van der Waals surface area contributed by atoms with Crippen molar-refractivity contribution in [3.63, 3.8) is 0 Å². The van der Waals surface area contributed by atoms with E-state index in [1.807, 2.05) is 38.4 Å². The van der Waals surface area contributed by atoms with Crippen molar-refractivity contribution >= 4 is 23.1 Å². The van der Waals surface area contributed by atoms with Crippen LogP contribution in [0, 0.1) is 0 Å². The zero-order valence-electron chi connectivity index (χ0n) is 17.6. The highest BCUT2D eigenvalue weighted by molar-refractivity contribution is 7.99. The van der Waals surface area contributed by atoms with Gasteiger partial charge < -0.3 is 15.0 Å². The Morgan fingerprint density at radius 2 is 1.83 bits per heavy atom. The van der Waals surface area contributed by atoms with Gasteiger partial charge in [0.05, 0.1) is 0 Å². The fourth-order valence-electron chi connectivity index (χ4n) is 3.32. The molecule has 30 heavy (non-hydrogen) atoms. The van der Waals surface area contributed by atoms with Crippen LogP contribution in [0.15, 0.2) is 53.7 Å². The second kappa shape index (κ2) is 9.34. The molecule has 4 rings (SSSR count). The molecule has 6 nitrogen and oxygen atoms in total. The van der Waals surface area contributed by atoms with Gasteiger partial charge in [-0.05, 0) is 24.6 Å². The minimum Gasteiger partial charge on any atom is -0.448 e. The summed E-state index contributed by atoms with van der Waals surface area (Å²) in [5.74, 6) is 1.50. The van der Waals surface area contributed by atoms with Crippen molar-refractivity contribution in [3.8, 4) is 17.1 Å². The van der Waals surface area contributed by atoms with Crippen LogP contribution in [0.3, 0.4) is 0 Å². The SMILES string of the molecule is CCCCCSc1nnc2c(n1)O[C@H](c1ccc(N(C)C)cc1)Nc1ccccc1-2. The van der Waals surface area contributed by atoms with Crippen molar-refractivity contribution in [1.82, 2.24) is 15.2 Å². The molecular formula is C23H27N5OS. The van der Waals surface area contributed by atoms with Gasteiger partial charge in [0, 0.05) is 42.3 Å². The third-order valence-corrected chi connectivity index (χ3v) is 5.95. The number of anilines is 2. The molecule has 0 bridgehead atoms. The molecule has 3 aromatic rings. The summed E-state index contributed by atoms with van der Waals surface area (Å²) in [6, 6.07) is 16.4. The summed E-state index contributed by atoms with van der Waals surface area (Å²) in [6.45, 7) is 2.20. The minimum absolute atomic E-state index is 0.363. The molecular weight excluding hydrogens is 394 g/mol. The standard InChI is InChI=1S/C23H27N5OS/c1-4-5-8-15-30-23-25-22-20(26-27-23)18-9-6-7-10-19(18)24-21(29-22)16-11-13-17(14-12-16)28(2)3/h6-7,9-14,21,24H,4-5,8,15H2,1-3H3/t21-/m1/s1. The number of rotatable bonds is 7. The number of nitrogens with zero attached hydrogens (tertiary/aromatic N) is 4. The van der Waals surface area contributed by atoms with Gasteiger partial charge in [-0.3, -0.25) is 0 Å². The molecule has 0 amide bonds. The Kier molecular flexibility index (Phi) is 6.38. The number of thioether (sulfide) groups is 1. The minimum atomic E-state index is -0.363. The largest absolute Gasteiger partial charge is 0.448 e. The second-order valence-electron chi connectivity index (χ2n) is 7.48. The predicted octanol–water partition coefficient (Wildman–Crippen LogP) is 5.39. The molecule has 156 valence electrons. The van der Waals surface area contributed by atoms with Crippen LogP contribution in [0.4, 0.5) is 11.4 Å². The molecule has 2 aromatic carbocycles. The summed E-state index contributed by atoms with van der Waals surface area (Å²) in [5.41, 5.74) is 4.74. The Morgan fingerprint density at radius 3 is 2.60 bits per heavy atom. The molecule has 1 aliphatic rings. The van der Waals surface area contributed by atoms with Crippen molar-refractivity contribution in [1.29, 1.82) is 0 Å². The number of para-hydroxylation sites is 1. The zero-order chi connectivity index (χ0) is 20.9. The van der Waals surface area contributed by atoms with E-state index < -0.39 is 0 Å². The summed E-state index contributed by atoms with van der Waals surface area (Å²) < 4.78 is 6.34. The molecule has 0 radical (unpaired) electrons.